The molecule has 0 spiro atoms. The van der Waals surface area contributed by atoms with Crippen molar-refractivity contribution in [1.82, 2.24) is 15.3 Å². The molecule has 0 fully saturated rings. The van der Waals surface area contributed by atoms with Crippen LogP contribution in [-0.4, -0.2) is 42.5 Å². The van der Waals surface area contributed by atoms with Crippen LogP contribution in [-0.2, 0) is 11.3 Å². The van der Waals surface area contributed by atoms with Gasteiger partial charge in [0, 0.05) is 20.6 Å². The minimum atomic E-state index is -0.495. The Morgan fingerprint density at radius 2 is 1.83 bits per heavy atom. The lowest BCUT2D eigenvalue weighted by Crippen LogP contribution is -2.49. The van der Waals surface area contributed by atoms with Gasteiger partial charge in [0.25, 0.3) is 0 Å². The lowest BCUT2D eigenvalue weighted by Gasteiger charge is -2.23. The van der Waals surface area contributed by atoms with Crippen LogP contribution < -0.4 is 11.2 Å². The maximum absolute atomic E-state index is 11.5. The summed E-state index contributed by atoms with van der Waals surface area (Å²) in [5.74, 6) is -0.495. The van der Waals surface area contributed by atoms with E-state index < -0.39 is 5.91 Å². The van der Waals surface area contributed by atoms with Gasteiger partial charge in [-0.05, 0) is 5.56 Å². The van der Waals surface area contributed by atoms with Gasteiger partial charge in [0.2, 0.25) is 5.91 Å². The molecule has 3 N–H and O–H groups in total. The maximum Gasteiger partial charge on any atom is 0.331 e. The summed E-state index contributed by atoms with van der Waals surface area (Å²) in [5.41, 5.74) is 8.75. The molecule has 0 radical (unpaired) electrons. The molecule has 1 aromatic rings. The minimum absolute atomic E-state index is 0.0333. The third-order valence-corrected chi connectivity index (χ3v) is 2.22. The van der Waals surface area contributed by atoms with E-state index in [9.17, 15) is 9.59 Å². The van der Waals surface area contributed by atoms with Crippen molar-refractivity contribution < 1.29 is 9.59 Å². The van der Waals surface area contributed by atoms with E-state index in [2.05, 4.69) is 5.43 Å². The van der Waals surface area contributed by atoms with E-state index >= 15 is 0 Å². The molecular weight excluding hydrogens is 232 g/mol. The van der Waals surface area contributed by atoms with Gasteiger partial charge in [0.15, 0.2) is 0 Å². The van der Waals surface area contributed by atoms with Gasteiger partial charge in [-0.3, -0.25) is 10.2 Å². The van der Waals surface area contributed by atoms with Crippen molar-refractivity contribution in [3.05, 3.63) is 35.9 Å². The molecule has 0 unspecified atom stereocenters. The Bertz CT molecular complexity index is 406. The van der Waals surface area contributed by atoms with Gasteiger partial charge in [0.1, 0.15) is 0 Å². The van der Waals surface area contributed by atoms with Gasteiger partial charge in [-0.15, -0.1) is 0 Å². The van der Waals surface area contributed by atoms with Crippen molar-refractivity contribution in [2.75, 3.05) is 20.6 Å². The second-order valence-corrected chi connectivity index (χ2v) is 4.12. The molecule has 18 heavy (non-hydrogen) atoms. The van der Waals surface area contributed by atoms with E-state index in [4.69, 9.17) is 5.73 Å². The summed E-state index contributed by atoms with van der Waals surface area (Å²) in [6.45, 7) is 0.387. The number of rotatable bonds is 5. The molecule has 98 valence electrons. The average molecular weight is 250 g/mol. The first-order valence-corrected chi connectivity index (χ1v) is 5.54. The highest BCUT2D eigenvalue weighted by molar-refractivity contribution is 5.77. The van der Waals surface area contributed by atoms with E-state index in [1.54, 1.807) is 14.1 Å². The quantitative estimate of drug-likeness (QED) is 0.731. The predicted octanol–water partition coefficient (Wildman–Crippen LogP) is 0.160. The molecule has 3 amide bonds. The fraction of sp³-hybridized carbons (Fsp3) is 0.333. The monoisotopic (exact) mass is 250 g/mol. The van der Waals surface area contributed by atoms with Crippen LogP contribution in [0.2, 0.25) is 0 Å². The lowest BCUT2D eigenvalue weighted by atomic mass is 10.2. The maximum atomic E-state index is 11.5. The number of hydrogen-bond acceptors (Lipinski definition) is 3. The highest BCUT2D eigenvalue weighted by Gasteiger charge is 2.13. The van der Waals surface area contributed by atoms with Crippen molar-refractivity contribution in [3.63, 3.8) is 0 Å². The zero-order valence-corrected chi connectivity index (χ0v) is 10.6. The van der Waals surface area contributed by atoms with Crippen molar-refractivity contribution in [2.45, 2.75) is 6.54 Å². The summed E-state index contributed by atoms with van der Waals surface area (Å²) in [6.07, 6.45) is 0. The first kappa shape index (κ1) is 14.0. The topological polar surface area (TPSA) is 78.7 Å². The van der Waals surface area contributed by atoms with Crippen LogP contribution in [0.3, 0.4) is 0 Å². The molecular formula is C12H18N4O2. The number of carbonyl (C=O) groups is 2. The van der Waals surface area contributed by atoms with Crippen molar-refractivity contribution >= 4 is 11.9 Å². The van der Waals surface area contributed by atoms with Gasteiger partial charge in [-0.1, -0.05) is 30.3 Å². The Kier molecular flexibility index (Phi) is 5.13. The van der Waals surface area contributed by atoms with Gasteiger partial charge in [0.05, 0.1) is 6.54 Å². The first-order valence-electron chi connectivity index (χ1n) is 5.54. The number of amides is 3. The molecule has 1 aromatic carbocycles. The van der Waals surface area contributed by atoms with Crippen molar-refractivity contribution in [3.8, 4) is 0 Å². The molecule has 6 heteroatoms. The van der Waals surface area contributed by atoms with E-state index in [0.717, 1.165) is 5.56 Å². The Balaban J connectivity index is 2.66. The normalized spacial score (nSPS) is 10.2. The number of primary amides is 1. The van der Waals surface area contributed by atoms with Crippen LogP contribution >= 0.6 is 0 Å². The molecule has 0 aliphatic rings. The number of hydrogen-bond donors (Lipinski definition) is 2. The smallest absolute Gasteiger partial charge is 0.331 e. The molecule has 0 atom stereocenters. The Labute approximate surface area is 106 Å². The molecule has 1 rings (SSSR count). The summed E-state index contributed by atoms with van der Waals surface area (Å²) in [5, 5.41) is 1.49. The number of benzene rings is 1. The molecule has 0 saturated carbocycles. The molecule has 0 heterocycles. The third kappa shape index (κ3) is 4.84. The Hall–Kier alpha value is -2.08. The number of nitrogens with two attached hydrogens (primary N) is 1. The second kappa shape index (κ2) is 6.61. The number of nitrogens with zero attached hydrogens (tertiary/aromatic N) is 2. The summed E-state index contributed by atoms with van der Waals surface area (Å²) < 4.78 is 0. The first-order chi connectivity index (χ1) is 8.49. The molecule has 6 nitrogen and oxygen atoms in total. The summed E-state index contributed by atoms with van der Waals surface area (Å²) in [6, 6.07) is 9.22. The number of urea groups is 1. The van der Waals surface area contributed by atoms with Crippen molar-refractivity contribution in [1.29, 1.82) is 0 Å². The number of nitrogens with one attached hydrogen (secondary N) is 1. The van der Waals surface area contributed by atoms with Crippen LogP contribution in [0.1, 0.15) is 5.56 Å². The highest BCUT2D eigenvalue weighted by atomic mass is 16.2. The summed E-state index contributed by atoms with van der Waals surface area (Å²) in [7, 11) is 3.25. The van der Waals surface area contributed by atoms with Gasteiger partial charge in [-0.2, -0.15) is 0 Å². The van der Waals surface area contributed by atoms with Gasteiger partial charge >= 0.3 is 6.03 Å². The highest BCUT2D eigenvalue weighted by Crippen LogP contribution is 2.02. The third-order valence-electron chi connectivity index (χ3n) is 2.22. The molecule has 0 saturated heterocycles. The summed E-state index contributed by atoms with van der Waals surface area (Å²) in [4.78, 5) is 23.9. The number of carbonyl (C=O) groups excluding carboxylic acids is 2. The molecule has 0 aromatic heterocycles. The standard InChI is InChI=1S/C12H18N4O2/c1-15(2)12(18)14-16(9-11(13)17)8-10-6-4-3-5-7-10/h3-7H,8-9H2,1-2H3,(H2,13,17)(H,14,18). The lowest BCUT2D eigenvalue weighted by molar-refractivity contribution is -0.119. The fourth-order valence-electron chi connectivity index (χ4n) is 1.36. The summed E-state index contributed by atoms with van der Waals surface area (Å²) >= 11 is 0. The van der Waals surface area contributed by atoms with Crippen molar-refractivity contribution in [2.24, 2.45) is 5.73 Å². The van der Waals surface area contributed by atoms with Crippen LogP contribution in [0.25, 0.3) is 0 Å². The SMILES string of the molecule is CN(C)C(=O)NN(CC(N)=O)Cc1ccccc1. The Morgan fingerprint density at radius 1 is 1.22 bits per heavy atom. The van der Waals surface area contributed by atoms with Gasteiger partial charge in [-0.25, -0.2) is 9.80 Å². The fourth-order valence-corrected chi connectivity index (χ4v) is 1.36. The van der Waals surface area contributed by atoms with E-state index in [1.165, 1.54) is 9.91 Å². The minimum Gasteiger partial charge on any atom is -0.368 e. The molecule has 0 bridgehead atoms. The molecule has 0 aliphatic heterocycles. The van der Waals surface area contributed by atoms with E-state index in [0.29, 0.717) is 6.54 Å². The zero-order chi connectivity index (χ0) is 13.5. The molecule has 0 aliphatic carbocycles. The average Bonchev–Trinajstić information content (AvgIpc) is 2.29. The van der Waals surface area contributed by atoms with E-state index in [-0.39, 0.29) is 12.6 Å². The zero-order valence-electron chi connectivity index (χ0n) is 10.6. The van der Waals surface area contributed by atoms with Crippen LogP contribution in [0.4, 0.5) is 4.79 Å². The number of hydrazine groups is 1. The second-order valence-electron chi connectivity index (χ2n) is 4.12. The van der Waals surface area contributed by atoms with E-state index in [1.807, 2.05) is 30.3 Å². The van der Waals surface area contributed by atoms with Gasteiger partial charge < -0.3 is 10.6 Å². The van der Waals surface area contributed by atoms with Crippen LogP contribution in [0.15, 0.2) is 30.3 Å². The van der Waals surface area contributed by atoms with Crippen LogP contribution in [0.5, 0.6) is 0 Å². The largest absolute Gasteiger partial charge is 0.368 e. The Morgan fingerprint density at radius 3 is 2.33 bits per heavy atom. The predicted molar refractivity (Wildman–Crippen MR) is 68.3 cm³/mol. The van der Waals surface area contributed by atoms with Crippen LogP contribution in [0, 0.1) is 0 Å².